The van der Waals surface area contributed by atoms with E-state index in [9.17, 15) is 18.3 Å². The highest BCUT2D eigenvalue weighted by atomic mass is 19.4. The number of pyridine rings is 1. The normalized spacial score (nSPS) is 17.7. The van der Waals surface area contributed by atoms with E-state index in [1.165, 1.54) is 6.07 Å². The number of phenolic OH excluding ortho intramolecular Hbond substituents is 1. The summed E-state index contributed by atoms with van der Waals surface area (Å²) in [5, 5.41) is 20.4. The van der Waals surface area contributed by atoms with E-state index in [2.05, 4.69) is 39.1 Å². The smallest absolute Gasteiger partial charge is 0.416 e. The van der Waals surface area contributed by atoms with Gasteiger partial charge in [0.05, 0.1) is 5.56 Å². The first-order valence-corrected chi connectivity index (χ1v) is 9.68. The Hall–Kier alpha value is -2.94. The van der Waals surface area contributed by atoms with Crippen LogP contribution in [0, 0.1) is 0 Å². The summed E-state index contributed by atoms with van der Waals surface area (Å²) in [6.07, 6.45) is 0.851. The fourth-order valence-electron chi connectivity index (χ4n) is 3.89. The van der Waals surface area contributed by atoms with Crippen molar-refractivity contribution in [2.45, 2.75) is 25.1 Å². The molecule has 2 aromatic heterocycles. The number of phenols is 1. The third-order valence-corrected chi connectivity index (χ3v) is 5.57. The second-order valence-electron chi connectivity index (χ2n) is 7.73. The largest absolute Gasteiger partial charge is 0.507 e. The van der Waals surface area contributed by atoms with E-state index in [0.29, 0.717) is 29.0 Å². The van der Waals surface area contributed by atoms with Gasteiger partial charge in [0.25, 0.3) is 0 Å². The van der Waals surface area contributed by atoms with E-state index in [1.807, 2.05) is 6.07 Å². The molecule has 0 bridgehead atoms. The molecule has 9 heteroatoms. The fraction of sp³-hybridized carbons (Fsp3) is 0.381. The molecule has 1 atom stereocenters. The molecule has 30 heavy (non-hydrogen) atoms. The molecule has 1 saturated heterocycles. The Labute approximate surface area is 172 Å². The molecule has 0 spiro atoms. The Kier molecular flexibility index (Phi) is 5.23. The molecule has 6 nitrogen and oxygen atoms in total. The van der Waals surface area contributed by atoms with Gasteiger partial charge in [-0.15, -0.1) is 10.2 Å². The zero-order valence-electron chi connectivity index (χ0n) is 16.7. The van der Waals surface area contributed by atoms with Crippen molar-refractivity contribution in [3.05, 3.63) is 42.2 Å². The third kappa shape index (κ3) is 3.77. The summed E-state index contributed by atoms with van der Waals surface area (Å²) in [6, 6.07) is 5.08. The number of benzene rings is 1. The maximum absolute atomic E-state index is 12.9. The summed E-state index contributed by atoms with van der Waals surface area (Å²) in [5.74, 6) is 0.219. The molecular weight excluding hydrogens is 395 g/mol. The summed E-state index contributed by atoms with van der Waals surface area (Å²) in [6.45, 7) is 1.66. The summed E-state index contributed by atoms with van der Waals surface area (Å²) in [5.41, 5.74) is -0.432. The molecule has 158 valence electrons. The predicted molar refractivity (Wildman–Crippen MR) is 108 cm³/mol. The van der Waals surface area contributed by atoms with Crippen LogP contribution in [0.1, 0.15) is 18.4 Å². The molecule has 1 aromatic carbocycles. The highest BCUT2D eigenvalue weighted by Gasteiger charge is 2.31. The minimum atomic E-state index is -4.54. The first-order valence-electron chi connectivity index (χ1n) is 9.68. The van der Waals surface area contributed by atoms with Gasteiger partial charge in [-0.3, -0.25) is 4.98 Å². The molecule has 1 aliphatic rings. The lowest BCUT2D eigenvalue weighted by Gasteiger charge is -2.37. The van der Waals surface area contributed by atoms with E-state index in [4.69, 9.17) is 0 Å². The average molecular weight is 417 g/mol. The van der Waals surface area contributed by atoms with E-state index in [1.54, 1.807) is 12.4 Å². The lowest BCUT2D eigenvalue weighted by molar-refractivity contribution is -0.137. The number of piperidine rings is 1. The van der Waals surface area contributed by atoms with Gasteiger partial charge in [-0.25, -0.2) is 0 Å². The maximum Gasteiger partial charge on any atom is 0.416 e. The van der Waals surface area contributed by atoms with E-state index in [-0.39, 0.29) is 5.56 Å². The SMILES string of the molecule is CN(C)C1CCCN(c2nnc(-c3ccc(C(F)(F)F)cc3O)c3cnccc23)C1. The first kappa shape index (κ1) is 20.3. The van der Waals surface area contributed by atoms with Crippen molar-refractivity contribution in [2.24, 2.45) is 0 Å². The van der Waals surface area contributed by atoms with Gasteiger partial charge in [0.15, 0.2) is 5.82 Å². The number of likely N-dealkylation sites (N-methyl/N-ethyl adjacent to an activating group) is 1. The number of aromatic hydroxyl groups is 1. The Bertz CT molecular complexity index is 1070. The van der Waals surface area contributed by atoms with E-state index < -0.39 is 17.5 Å². The van der Waals surface area contributed by atoms with Gasteiger partial charge in [-0.2, -0.15) is 13.2 Å². The van der Waals surface area contributed by atoms with Crippen LogP contribution in [-0.4, -0.2) is 58.4 Å². The van der Waals surface area contributed by atoms with Crippen LogP contribution in [-0.2, 0) is 6.18 Å². The van der Waals surface area contributed by atoms with Crippen LogP contribution in [0.25, 0.3) is 22.0 Å². The second-order valence-corrected chi connectivity index (χ2v) is 7.73. The van der Waals surface area contributed by atoms with Gasteiger partial charge in [-0.05, 0) is 51.2 Å². The Morgan fingerprint density at radius 1 is 1.13 bits per heavy atom. The van der Waals surface area contributed by atoms with Crippen molar-refractivity contribution < 1.29 is 18.3 Å². The number of fused-ring (bicyclic) bond motifs is 1. The lowest BCUT2D eigenvalue weighted by Crippen LogP contribution is -2.45. The highest BCUT2D eigenvalue weighted by molar-refractivity contribution is 6.00. The average Bonchev–Trinajstić information content (AvgIpc) is 2.72. The molecule has 1 fully saturated rings. The van der Waals surface area contributed by atoms with Gasteiger partial charge >= 0.3 is 6.18 Å². The van der Waals surface area contributed by atoms with Crippen molar-refractivity contribution in [2.75, 3.05) is 32.1 Å². The summed E-state index contributed by atoms with van der Waals surface area (Å²) < 4.78 is 38.8. The number of halogens is 3. The number of hydrogen-bond donors (Lipinski definition) is 1. The van der Waals surface area contributed by atoms with Crippen molar-refractivity contribution in [3.8, 4) is 17.0 Å². The molecule has 1 aliphatic heterocycles. The molecule has 1 unspecified atom stereocenters. The van der Waals surface area contributed by atoms with Gasteiger partial charge in [0.1, 0.15) is 11.4 Å². The molecule has 1 N–H and O–H groups in total. The van der Waals surface area contributed by atoms with Gasteiger partial charge in [0, 0.05) is 47.9 Å². The number of rotatable bonds is 3. The Balaban J connectivity index is 1.79. The van der Waals surface area contributed by atoms with Gasteiger partial charge < -0.3 is 14.9 Å². The van der Waals surface area contributed by atoms with Crippen molar-refractivity contribution in [1.82, 2.24) is 20.1 Å². The minimum absolute atomic E-state index is 0.185. The molecule has 0 radical (unpaired) electrons. The third-order valence-electron chi connectivity index (χ3n) is 5.57. The zero-order valence-corrected chi connectivity index (χ0v) is 16.7. The Morgan fingerprint density at radius 2 is 1.93 bits per heavy atom. The zero-order chi connectivity index (χ0) is 21.5. The topological polar surface area (TPSA) is 65.4 Å². The monoisotopic (exact) mass is 417 g/mol. The van der Waals surface area contributed by atoms with Gasteiger partial charge in [0.2, 0.25) is 0 Å². The fourth-order valence-corrected chi connectivity index (χ4v) is 3.89. The first-order chi connectivity index (χ1) is 14.3. The summed E-state index contributed by atoms with van der Waals surface area (Å²) >= 11 is 0. The van der Waals surface area contributed by atoms with Gasteiger partial charge in [-0.1, -0.05) is 0 Å². The lowest BCUT2D eigenvalue weighted by atomic mass is 10.0. The molecule has 0 amide bonds. The molecule has 0 saturated carbocycles. The van der Waals surface area contributed by atoms with Crippen molar-refractivity contribution in [3.63, 3.8) is 0 Å². The van der Waals surface area contributed by atoms with Crippen LogP contribution in [0.2, 0.25) is 0 Å². The molecule has 4 rings (SSSR count). The van der Waals surface area contributed by atoms with Crippen LogP contribution < -0.4 is 4.90 Å². The highest BCUT2D eigenvalue weighted by Crippen LogP contribution is 2.39. The summed E-state index contributed by atoms with van der Waals surface area (Å²) in [4.78, 5) is 8.53. The van der Waals surface area contributed by atoms with E-state index in [0.717, 1.165) is 37.4 Å². The van der Waals surface area contributed by atoms with Crippen LogP contribution in [0.5, 0.6) is 5.75 Å². The number of aromatic nitrogens is 3. The van der Waals surface area contributed by atoms with Crippen LogP contribution in [0.3, 0.4) is 0 Å². The van der Waals surface area contributed by atoms with Crippen LogP contribution in [0.4, 0.5) is 19.0 Å². The number of alkyl halides is 3. The summed E-state index contributed by atoms with van der Waals surface area (Å²) in [7, 11) is 4.11. The van der Waals surface area contributed by atoms with Crippen LogP contribution in [0.15, 0.2) is 36.7 Å². The molecule has 3 heterocycles. The second kappa shape index (κ2) is 7.71. The standard InChI is InChI=1S/C21H22F3N5O/c1-28(2)14-4-3-9-29(12-14)20-15-7-8-25-11-17(15)19(26-27-20)16-6-5-13(10-18(16)30)21(22,23)24/h5-8,10-11,14,30H,3-4,9,12H2,1-2H3. The number of anilines is 1. The Morgan fingerprint density at radius 3 is 2.63 bits per heavy atom. The number of nitrogens with zero attached hydrogens (tertiary/aromatic N) is 5. The molecule has 3 aromatic rings. The molecule has 0 aliphatic carbocycles. The quantitative estimate of drug-likeness (QED) is 0.696. The minimum Gasteiger partial charge on any atom is -0.507 e. The van der Waals surface area contributed by atoms with Crippen molar-refractivity contribution >= 4 is 16.6 Å². The molecular formula is C21H22F3N5O. The number of hydrogen-bond acceptors (Lipinski definition) is 6. The van der Waals surface area contributed by atoms with Crippen LogP contribution >= 0.6 is 0 Å². The predicted octanol–water partition coefficient (Wildman–Crippen LogP) is 3.95. The van der Waals surface area contributed by atoms with Crippen molar-refractivity contribution in [1.29, 1.82) is 0 Å². The van der Waals surface area contributed by atoms with E-state index >= 15 is 0 Å². The maximum atomic E-state index is 12.9.